The summed E-state index contributed by atoms with van der Waals surface area (Å²) in [5, 5.41) is 3.29. The normalized spacial score (nSPS) is 16.3. The van der Waals surface area contributed by atoms with Gasteiger partial charge in [0.25, 0.3) is 0 Å². The van der Waals surface area contributed by atoms with Gasteiger partial charge in [-0.3, -0.25) is 9.10 Å². The third-order valence-electron chi connectivity index (χ3n) is 4.76. The number of halogens is 1. The lowest BCUT2D eigenvalue weighted by Crippen LogP contribution is -2.45. The number of carbonyl (C=O) groups is 1. The Kier molecular flexibility index (Phi) is 7.91. The van der Waals surface area contributed by atoms with Crippen LogP contribution in [-0.2, 0) is 14.8 Å². The number of nitrogens with zero attached hydrogens (tertiary/aromatic N) is 3. The van der Waals surface area contributed by atoms with Crippen LogP contribution in [-0.4, -0.2) is 83.2 Å². The molecule has 1 fully saturated rings. The summed E-state index contributed by atoms with van der Waals surface area (Å²) in [6.07, 6.45) is 1.93. The van der Waals surface area contributed by atoms with E-state index >= 15 is 0 Å². The van der Waals surface area contributed by atoms with Crippen molar-refractivity contribution in [2.45, 2.75) is 13.3 Å². The van der Waals surface area contributed by atoms with Crippen LogP contribution in [0.2, 0.25) is 5.02 Å². The van der Waals surface area contributed by atoms with Crippen molar-refractivity contribution in [3.63, 3.8) is 0 Å². The maximum Gasteiger partial charge on any atom is 0.240 e. The number of sulfonamides is 1. The number of hydrogen-bond acceptors (Lipinski definition) is 5. The first-order chi connectivity index (χ1) is 12.7. The maximum atomic E-state index is 12.3. The van der Waals surface area contributed by atoms with Crippen LogP contribution < -0.4 is 9.62 Å². The molecule has 0 spiro atoms. The number of hydrogen-bond donors (Lipinski definition) is 1. The molecule has 152 valence electrons. The number of piperazine rings is 1. The van der Waals surface area contributed by atoms with Crippen LogP contribution >= 0.6 is 11.6 Å². The molecule has 1 heterocycles. The molecule has 27 heavy (non-hydrogen) atoms. The van der Waals surface area contributed by atoms with Crippen molar-refractivity contribution < 1.29 is 13.2 Å². The average molecular weight is 417 g/mol. The molecule has 7 nitrogen and oxygen atoms in total. The third-order valence-corrected chi connectivity index (χ3v) is 6.30. The molecule has 1 aromatic carbocycles. The molecule has 0 radical (unpaired) electrons. The monoisotopic (exact) mass is 416 g/mol. The summed E-state index contributed by atoms with van der Waals surface area (Å²) in [6.45, 7) is 7.15. The second kappa shape index (κ2) is 9.73. The molecule has 0 aromatic heterocycles. The highest BCUT2D eigenvalue weighted by molar-refractivity contribution is 7.92. The van der Waals surface area contributed by atoms with Gasteiger partial charge in [-0.25, -0.2) is 8.42 Å². The van der Waals surface area contributed by atoms with Crippen molar-refractivity contribution in [2.75, 3.05) is 63.4 Å². The zero-order valence-electron chi connectivity index (χ0n) is 16.2. The Hall–Kier alpha value is -1.35. The van der Waals surface area contributed by atoms with E-state index in [0.717, 1.165) is 49.7 Å². The second-order valence-corrected chi connectivity index (χ2v) is 9.32. The minimum absolute atomic E-state index is 0.255. The van der Waals surface area contributed by atoms with Crippen molar-refractivity contribution in [1.29, 1.82) is 0 Å². The van der Waals surface area contributed by atoms with Gasteiger partial charge in [0.2, 0.25) is 15.9 Å². The summed E-state index contributed by atoms with van der Waals surface area (Å²) < 4.78 is 25.5. The van der Waals surface area contributed by atoms with E-state index in [1.165, 1.54) is 0 Å². The van der Waals surface area contributed by atoms with E-state index in [4.69, 9.17) is 11.6 Å². The Balaban J connectivity index is 1.86. The van der Waals surface area contributed by atoms with Crippen LogP contribution in [0.3, 0.4) is 0 Å². The van der Waals surface area contributed by atoms with Crippen molar-refractivity contribution >= 4 is 33.2 Å². The quantitative estimate of drug-likeness (QED) is 0.644. The zero-order chi connectivity index (χ0) is 20.0. The first-order valence-electron chi connectivity index (χ1n) is 9.09. The molecule has 0 saturated carbocycles. The van der Waals surface area contributed by atoms with Crippen LogP contribution in [0.1, 0.15) is 12.0 Å². The van der Waals surface area contributed by atoms with E-state index < -0.39 is 10.0 Å². The molecule has 1 amide bonds. The second-order valence-electron chi connectivity index (χ2n) is 7.00. The molecule has 1 aliphatic rings. The Morgan fingerprint density at radius 1 is 1.26 bits per heavy atom. The van der Waals surface area contributed by atoms with Crippen molar-refractivity contribution in [3.05, 3.63) is 28.8 Å². The molecule has 1 N–H and O–H groups in total. The Morgan fingerprint density at radius 3 is 2.56 bits per heavy atom. The van der Waals surface area contributed by atoms with E-state index in [1.807, 2.05) is 0 Å². The molecule has 0 bridgehead atoms. The first kappa shape index (κ1) is 21.9. The molecular weight excluding hydrogens is 388 g/mol. The molecule has 0 aliphatic carbocycles. The van der Waals surface area contributed by atoms with Crippen LogP contribution in [0.15, 0.2) is 18.2 Å². The summed E-state index contributed by atoms with van der Waals surface area (Å²) in [4.78, 5) is 17.0. The highest BCUT2D eigenvalue weighted by Crippen LogP contribution is 2.27. The van der Waals surface area contributed by atoms with E-state index in [2.05, 4.69) is 22.2 Å². The zero-order valence-corrected chi connectivity index (χ0v) is 17.8. The number of benzene rings is 1. The van der Waals surface area contributed by atoms with E-state index in [9.17, 15) is 13.2 Å². The molecule has 0 atom stereocenters. The first-order valence-corrected chi connectivity index (χ1v) is 11.3. The van der Waals surface area contributed by atoms with Gasteiger partial charge in [-0.05, 0) is 44.6 Å². The van der Waals surface area contributed by atoms with Crippen molar-refractivity contribution in [1.82, 2.24) is 15.1 Å². The van der Waals surface area contributed by atoms with Crippen molar-refractivity contribution in [2.24, 2.45) is 0 Å². The van der Waals surface area contributed by atoms with Crippen LogP contribution in [0, 0.1) is 6.92 Å². The highest BCUT2D eigenvalue weighted by Gasteiger charge is 2.23. The molecule has 1 aromatic rings. The number of carbonyl (C=O) groups excluding carboxylic acids is 1. The fourth-order valence-electron chi connectivity index (χ4n) is 3.04. The number of nitrogens with one attached hydrogen (secondary N) is 1. The summed E-state index contributed by atoms with van der Waals surface area (Å²) in [5.74, 6) is -0.321. The van der Waals surface area contributed by atoms with Crippen LogP contribution in [0.25, 0.3) is 0 Å². The van der Waals surface area contributed by atoms with E-state index in [0.29, 0.717) is 22.8 Å². The Labute approximate surface area is 167 Å². The Bertz CT molecular complexity index is 749. The predicted octanol–water partition coefficient (Wildman–Crippen LogP) is 1.17. The summed E-state index contributed by atoms with van der Waals surface area (Å²) >= 11 is 6.10. The topological polar surface area (TPSA) is 73.0 Å². The Morgan fingerprint density at radius 2 is 1.93 bits per heavy atom. The van der Waals surface area contributed by atoms with Gasteiger partial charge in [0.15, 0.2) is 0 Å². The number of amides is 1. The number of likely N-dealkylation sites (N-methyl/N-ethyl adjacent to an activating group) is 1. The summed E-state index contributed by atoms with van der Waals surface area (Å²) in [7, 11) is -1.49. The van der Waals surface area contributed by atoms with E-state index in [-0.39, 0.29) is 12.5 Å². The van der Waals surface area contributed by atoms with Gasteiger partial charge in [0.1, 0.15) is 6.54 Å². The lowest BCUT2D eigenvalue weighted by molar-refractivity contribution is -0.119. The average Bonchev–Trinajstić information content (AvgIpc) is 2.60. The standard InChI is InChI=1S/C18H29ClN4O3S/c1-15-16(19)6-4-7-17(15)23(27(3,25)26)14-18(24)20-8-5-9-22-12-10-21(2)11-13-22/h4,6-7H,5,8-14H2,1-3H3,(H,20,24). The van der Waals surface area contributed by atoms with Gasteiger partial charge < -0.3 is 15.1 Å². The van der Waals surface area contributed by atoms with Gasteiger partial charge in [-0.1, -0.05) is 17.7 Å². The van der Waals surface area contributed by atoms with Crippen molar-refractivity contribution in [3.8, 4) is 0 Å². The summed E-state index contributed by atoms with van der Waals surface area (Å²) in [5.41, 5.74) is 1.06. The molecule has 1 saturated heterocycles. The van der Waals surface area contributed by atoms with Gasteiger partial charge in [-0.2, -0.15) is 0 Å². The fraction of sp³-hybridized carbons (Fsp3) is 0.611. The minimum Gasteiger partial charge on any atom is -0.354 e. The van der Waals surface area contributed by atoms with Crippen LogP contribution in [0.4, 0.5) is 5.69 Å². The van der Waals surface area contributed by atoms with Gasteiger partial charge in [-0.15, -0.1) is 0 Å². The highest BCUT2D eigenvalue weighted by atomic mass is 35.5. The number of rotatable bonds is 8. The lowest BCUT2D eigenvalue weighted by Gasteiger charge is -2.32. The molecule has 9 heteroatoms. The SMILES string of the molecule is Cc1c(Cl)cccc1N(CC(=O)NCCCN1CCN(C)CC1)S(C)(=O)=O. The molecule has 0 unspecified atom stereocenters. The van der Waals surface area contributed by atoms with Gasteiger partial charge >= 0.3 is 0 Å². The van der Waals surface area contributed by atoms with Gasteiger partial charge in [0, 0.05) is 37.7 Å². The maximum absolute atomic E-state index is 12.3. The molecule has 1 aliphatic heterocycles. The van der Waals surface area contributed by atoms with Gasteiger partial charge in [0.05, 0.1) is 11.9 Å². The number of anilines is 1. The largest absolute Gasteiger partial charge is 0.354 e. The summed E-state index contributed by atoms with van der Waals surface area (Å²) in [6, 6.07) is 5.03. The minimum atomic E-state index is -3.60. The smallest absolute Gasteiger partial charge is 0.240 e. The van der Waals surface area contributed by atoms with E-state index in [1.54, 1.807) is 25.1 Å². The van der Waals surface area contributed by atoms with Crippen LogP contribution in [0.5, 0.6) is 0 Å². The lowest BCUT2D eigenvalue weighted by atomic mass is 10.2. The predicted molar refractivity (Wildman–Crippen MR) is 110 cm³/mol. The molecule has 2 rings (SSSR count). The fourth-order valence-corrected chi connectivity index (χ4v) is 4.11. The third kappa shape index (κ3) is 6.64. The molecular formula is C18H29ClN4O3S.